The van der Waals surface area contributed by atoms with Gasteiger partial charge in [-0.25, -0.2) is 4.79 Å². The Morgan fingerprint density at radius 1 is 1.29 bits per heavy atom. The molecule has 1 aliphatic heterocycles. The zero-order valence-corrected chi connectivity index (χ0v) is 21.1. The number of hydrogen-bond acceptors (Lipinski definition) is 8. The highest BCUT2D eigenvalue weighted by molar-refractivity contribution is 7.17. The summed E-state index contributed by atoms with van der Waals surface area (Å²) in [6.07, 6.45) is 5.63. The highest BCUT2D eigenvalue weighted by Crippen LogP contribution is 2.39. The molecule has 184 valence electrons. The van der Waals surface area contributed by atoms with Crippen LogP contribution >= 0.6 is 22.9 Å². The predicted molar refractivity (Wildman–Crippen MR) is 134 cm³/mol. The lowest BCUT2D eigenvalue weighted by Gasteiger charge is -2.30. The molecule has 3 aromatic rings. The van der Waals surface area contributed by atoms with E-state index >= 15 is 0 Å². The molecule has 1 fully saturated rings. The molecular weight excluding hydrogens is 488 g/mol. The van der Waals surface area contributed by atoms with E-state index in [0.29, 0.717) is 40.4 Å². The van der Waals surface area contributed by atoms with E-state index in [0.717, 1.165) is 56.2 Å². The smallest absolute Gasteiger partial charge is 0.341 e. The average Bonchev–Trinajstić information content (AvgIpc) is 3.48. The van der Waals surface area contributed by atoms with Crippen molar-refractivity contribution < 1.29 is 18.8 Å². The number of carbonyl (C=O) groups excluding carboxylic acids is 2. The van der Waals surface area contributed by atoms with Crippen LogP contribution in [0.5, 0.6) is 0 Å². The molecule has 1 N–H and O–H groups in total. The lowest BCUT2D eigenvalue weighted by molar-refractivity contribution is -0.121. The number of nitrogens with one attached hydrogen (secondary N) is 1. The molecule has 35 heavy (non-hydrogen) atoms. The van der Waals surface area contributed by atoms with E-state index in [1.165, 1.54) is 23.3 Å². The number of nitrogens with zero attached hydrogens (tertiary/aromatic N) is 3. The Balaban J connectivity index is 1.25. The largest absolute Gasteiger partial charge is 0.465 e. The standard InChI is InChI=1S/C25H27ClN4O4S/c1-33-25(32)21-18-9-2-3-10-19(18)35-24(21)28-23(31)16-7-5-11-30(13-16)14-20-27-22(29-34-20)15-6-4-8-17(26)12-15/h4,6,8,12,16H,2-3,5,7,9-11,13-14H2,1H3,(H,28,31). The fourth-order valence-corrected chi connectivity index (χ4v) is 6.32. The third kappa shape index (κ3) is 5.27. The summed E-state index contributed by atoms with van der Waals surface area (Å²) in [6, 6.07) is 7.32. The molecule has 1 atom stereocenters. The molecule has 5 rings (SSSR count). The third-order valence-electron chi connectivity index (χ3n) is 6.58. The monoisotopic (exact) mass is 514 g/mol. The molecule has 0 bridgehead atoms. The number of likely N-dealkylation sites (tertiary alicyclic amines) is 1. The van der Waals surface area contributed by atoms with Gasteiger partial charge in [-0.3, -0.25) is 9.69 Å². The number of thiophene rings is 1. The van der Waals surface area contributed by atoms with Crippen LogP contribution in [0.1, 0.15) is 52.4 Å². The first-order valence-electron chi connectivity index (χ1n) is 11.9. The number of aromatic nitrogens is 2. The summed E-state index contributed by atoms with van der Waals surface area (Å²) in [6.45, 7) is 1.90. The van der Waals surface area contributed by atoms with E-state index in [4.69, 9.17) is 20.9 Å². The minimum absolute atomic E-state index is 0.0661. The number of halogens is 1. The quantitative estimate of drug-likeness (QED) is 0.464. The number of benzene rings is 1. The Bertz CT molecular complexity index is 1240. The predicted octanol–water partition coefficient (Wildman–Crippen LogP) is 4.97. The molecule has 1 unspecified atom stereocenters. The van der Waals surface area contributed by atoms with Crippen LogP contribution in [-0.4, -0.2) is 47.1 Å². The number of rotatable bonds is 6. The number of anilines is 1. The fraction of sp³-hybridized carbons (Fsp3) is 0.440. The van der Waals surface area contributed by atoms with Crippen LogP contribution < -0.4 is 5.32 Å². The van der Waals surface area contributed by atoms with Crippen LogP contribution in [0.4, 0.5) is 5.00 Å². The maximum absolute atomic E-state index is 13.2. The van der Waals surface area contributed by atoms with Crippen LogP contribution in [0.25, 0.3) is 11.4 Å². The number of amides is 1. The number of methoxy groups -OCH3 is 1. The van der Waals surface area contributed by atoms with Gasteiger partial charge in [0.15, 0.2) is 0 Å². The third-order valence-corrected chi connectivity index (χ3v) is 8.03. The molecule has 1 amide bonds. The zero-order valence-electron chi connectivity index (χ0n) is 19.5. The second-order valence-corrected chi connectivity index (χ2v) is 10.5. The van der Waals surface area contributed by atoms with Crippen molar-refractivity contribution in [2.75, 3.05) is 25.5 Å². The molecular formula is C25H27ClN4O4S. The summed E-state index contributed by atoms with van der Waals surface area (Å²) in [5.41, 5.74) is 2.37. The summed E-state index contributed by atoms with van der Waals surface area (Å²) in [5, 5.41) is 8.36. The van der Waals surface area contributed by atoms with Gasteiger partial charge in [0.2, 0.25) is 17.6 Å². The van der Waals surface area contributed by atoms with Crippen LogP contribution in [0.2, 0.25) is 5.02 Å². The van der Waals surface area contributed by atoms with Gasteiger partial charge in [0.1, 0.15) is 5.00 Å². The van der Waals surface area contributed by atoms with Crippen molar-refractivity contribution in [3.8, 4) is 11.4 Å². The maximum Gasteiger partial charge on any atom is 0.341 e. The Morgan fingerprint density at radius 2 is 2.14 bits per heavy atom. The number of aryl methyl sites for hydroxylation is 1. The summed E-state index contributed by atoms with van der Waals surface area (Å²) < 4.78 is 10.5. The lowest BCUT2D eigenvalue weighted by Crippen LogP contribution is -2.40. The highest BCUT2D eigenvalue weighted by atomic mass is 35.5. The maximum atomic E-state index is 13.2. The van der Waals surface area contributed by atoms with Crippen molar-refractivity contribution in [3.05, 3.63) is 51.2 Å². The van der Waals surface area contributed by atoms with Crippen molar-refractivity contribution in [2.45, 2.75) is 45.1 Å². The molecule has 1 aromatic carbocycles. The summed E-state index contributed by atoms with van der Waals surface area (Å²) in [4.78, 5) is 33.6. The molecule has 8 nitrogen and oxygen atoms in total. The van der Waals surface area contributed by atoms with E-state index in [1.54, 1.807) is 12.1 Å². The van der Waals surface area contributed by atoms with Gasteiger partial charge in [0.05, 0.1) is 25.1 Å². The number of hydrogen-bond donors (Lipinski definition) is 1. The Labute approximate surface area is 212 Å². The van der Waals surface area contributed by atoms with Gasteiger partial charge in [-0.05, 0) is 62.8 Å². The van der Waals surface area contributed by atoms with Crippen LogP contribution in [0.3, 0.4) is 0 Å². The van der Waals surface area contributed by atoms with Gasteiger partial charge < -0.3 is 14.6 Å². The summed E-state index contributed by atoms with van der Waals surface area (Å²) in [5.74, 6) is 0.356. The van der Waals surface area contributed by atoms with Gasteiger partial charge in [0, 0.05) is 22.0 Å². The number of esters is 1. The number of piperidine rings is 1. The SMILES string of the molecule is COC(=O)c1c(NC(=O)C2CCCN(Cc3nc(-c4cccc(Cl)c4)no3)C2)sc2c1CCCC2. The number of ether oxygens (including phenoxy) is 1. The van der Waals surface area contributed by atoms with Crippen molar-refractivity contribution >= 4 is 39.8 Å². The highest BCUT2D eigenvalue weighted by Gasteiger charge is 2.31. The van der Waals surface area contributed by atoms with Gasteiger partial charge >= 0.3 is 5.97 Å². The molecule has 1 aliphatic carbocycles. The molecule has 0 spiro atoms. The Kier molecular flexibility index (Phi) is 7.17. The van der Waals surface area contributed by atoms with Crippen molar-refractivity contribution in [1.29, 1.82) is 0 Å². The summed E-state index contributed by atoms with van der Waals surface area (Å²) >= 11 is 7.58. The molecule has 0 radical (unpaired) electrons. The summed E-state index contributed by atoms with van der Waals surface area (Å²) in [7, 11) is 1.38. The second-order valence-electron chi connectivity index (χ2n) is 8.99. The molecule has 2 aliphatic rings. The van der Waals surface area contributed by atoms with Gasteiger partial charge in [-0.2, -0.15) is 4.98 Å². The van der Waals surface area contributed by atoms with E-state index in [9.17, 15) is 9.59 Å². The topological polar surface area (TPSA) is 97.6 Å². The molecule has 0 saturated carbocycles. The second kappa shape index (κ2) is 10.5. The first kappa shape index (κ1) is 24.0. The average molecular weight is 515 g/mol. The van der Waals surface area contributed by atoms with E-state index in [2.05, 4.69) is 20.4 Å². The van der Waals surface area contributed by atoms with Crippen molar-refractivity contribution in [3.63, 3.8) is 0 Å². The minimum atomic E-state index is -0.378. The molecule has 2 aromatic heterocycles. The van der Waals surface area contributed by atoms with E-state index in [1.807, 2.05) is 12.1 Å². The Hall–Kier alpha value is -2.75. The molecule has 10 heteroatoms. The normalized spacial score (nSPS) is 18.2. The van der Waals surface area contributed by atoms with Gasteiger partial charge in [-0.15, -0.1) is 11.3 Å². The van der Waals surface area contributed by atoms with Crippen LogP contribution in [0, 0.1) is 5.92 Å². The molecule has 3 heterocycles. The number of carbonyl (C=O) groups is 2. The van der Waals surface area contributed by atoms with Crippen molar-refractivity contribution in [2.24, 2.45) is 5.92 Å². The van der Waals surface area contributed by atoms with Crippen molar-refractivity contribution in [1.82, 2.24) is 15.0 Å². The lowest BCUT2D eigenvalue weighted by atomic mass is 9.95. The first-order valence-corrected chi connectivity index (χ1v) is 13.1. The zero-order chi connectivity index (χ0) is 24.4. The van der Waals surface area contributed by atoms with Gasteiger partial charge in [0.25, 0.3) is 0 Å². The first-order chi connectivity index (χ1) is 17.0. The Morgan fingerprint density at radius 3 is 2.97 bits per heavy atom. The van der Waals surface area contributed by atoms with E-state index < -0.39 is 0 Å². The van der Waals surface area contributed by atoms with Gasteiger partial charge in [-0.1, -0.05) is 28.9 Å². The number of fused-ring (bicyclic) bond motifs is 1. The van der Waals surface area contributed by atoms with Crippen LogP contribution in [-0.2, 0) is 28.9 Å². The minimum Gasteiger partial charge on any atom is -0.465 e. The fourth-order valence-electron chi connectivity index (χ4n) is 4.85. The van der Waals surface area contributed by atoms with E-state index in [-0.39, 0.29) is 17.8 Å². The van der Waals surface area contributed by atoms with Crippen LogP contribution in [0.15, 0.2) is 28.8 Å². The molecule has 1 saturated heterocycles.